The van der Waals surface area contributed by atoms with Crippen molar-refractivity contribution in [2.75, 3.05) is 25.0 Å². The van der Waals surface area contributed by atoms with Crippen LogP contribution in [0, 0.1) is 6.92 Å². The van der Waals surface area contributed by atoms with E-state index in [1.165, 1.54) is 17.6 Å². The summed E-state index contributed by atoms with van der Waals surface area (Å²) < 4.78 is 5.03. The van der Waals surface area contributed by atoms with Crippen LogP contribution in [0.3, 0.4) is 0 Å². The molecule has 6 nitrogen and oxygen atoms in total. The van der Waals surface area contributed by atoms with Crippen LogP contribution in [0.4, 0.5) is 5.00 Å². The molecule has 2 amide bonds. The van der Waals surface area contributed by atoms with Crippen molar-refractivity contribution >= 4 is 40.6 Å². The molecule has 0 aliphatic heterocycles. The van der Waals surface area contributed by atoms with Crippen LogP contribution in [0.15, 0.2) is 28.9 Å². The van der Waals surface area contributed by atoms with Gasteiger partial charge in [0.25, 0.3) is 11.8 Å². The standard InChI is InChI=1S/C15H19N3O3S.ClH/c1-3-16-6-7-17-15(20)13-10(2)9-12(22-13)18-14(19)11-5-4-8-21-11;/h4-5,8-9,16H,3,6-7H2,1-2H3,(H,17,20)(H,18,19);1H. The zero-order valence-electron chi connectivity index (χ0n) is 13.0. The molecule has 126 valence electrons. The van der Waals surface area contributed by atoms with Crippen molar-refractivity contribution in [3.63, 3.8) is 0 Å². The van der Waals surface area contributed by atoms with Crippen LogP contribution in [0.2, 0.25) is 0 Å². The number of furan rings is 1. The molecule has 0 saturated heterocycles. The Morgan fingerprint density at radius 2 is 2.04 bits per heavy atom. The van der Waals surface area contributed by atoms with Gasteiger partial charge in [-0.2, -0.15) is 0 Å². The first kappa shape index (κ1) is 19.2. The van der Waals surface area contributed by atoms with Gasteiger partial charge in [-0.15, -0.1) is 23.7 Å². The topological polar surface area (TPSA) is 83.4 Å². The Bertz CT molecular complexity index is 640. The molecule has 0 fully saturated rings. The zero-order valence-corrected chi connectivity index (χ0v) is 14.6. The van der Waals surface area contributed by atoms with E-state index in [1.807, 2.05) is 13.8 Å². The molecule has 2 aromatic heterocycles. The molecule has 0 aromatic carbocycles. The third-order valence-corrected chi connectivity index (χ3v) is 4.09. The third-order valence-electron chi connectivity index (χ3n) is 2.94. The molecule has 2 aromatic rings. The molecule has 0 spiro atoms. The average molecular weight is 358 g/mol. The number of likely N-dealkylation sites (N-methyl/N-ethyl adjacent to an activating group) is 1. The molecule has 0 atom stereocenters. The van der Waals surface area contributed by atoms with Gasteiger partial charge in [-0.3, -0.25) is 9.59 Å². The lowest BCUT2D eigenvalue weighted by Gasteiger charge is -2.04. The van der Waals surface area contributed by atoms with Crippen LogP contribution in [-0.4, -0.2) is 31.4 Å². The highest BCUT2D eigenvalue weighted by Crippen LogP contribution is 2.27. The van der Waals surface area contributed by atoms with Crippen molar-refractivity contribution < 1.29 is 14.0 Å². The number of carbonyl (C=O) groups excluding carboxylic acids is 2. The first-order chi connectivity index (χ1) is 10.6. The molecule has 0 aliphatic rings. The first-order valence-corrected chi connectivity index (χ1v) is 7.87. The molecule has 23 heavy (non-hydrogen) atoms. The predicted molar refractivity (Wildman–Crippen MR) is 93.8 cm³/mol. The minimum Gasteiger partial charge on any atom is -0.459 e. The van der Waals surface area contributed by atoms with Crippen LogP contribution >= 0.6 is 23.7 Å². The second kappa shape index (κ2) is 9.34. The maximum absolute atomic E-state index is 12.1. The fourth-order valence-electron chi connectivity index (χ4n) is 1.87. The third kappa shape index (κ3) is 5.38. The van der Waals surface area contributed by atoms with E-state index in [4.69, 9.17) is 4.42 Å². The van der Waals surface area contributed by atoms with Crippen molar-refractivity contribution in [2.45, 2.75) is 13.8 Å². The van der Waals surface area contributed by atoms with E-state index in [-0.39, 0.29) is 30.0 Å². The van der Waals surface area contributed by atoms with Gasteiger partial charge >= 0.3 is 0 Å². The smallest absolute Gasteiger partial charge is 0.291 e. The number of carbonyl (C=O) groups is 2. The normalized spacial score (nSPS) is 10.0. The maximum atomic E-state index is 12.1. The van der Waals surface area contributed by atoms with E-state index in [1.54, 1.807) is 18.2 Å². The Kier molecular flexibility index (Phi) is 7.80. The first-order valence-electron chi connectivity index (χ1n) is 7.06. The molecular formula is C15H20ClN3O3S. The molecule has 0 saturated carbocycles. The van der Waals surface area contributed by atoms with Gasteiger partial charge in [0.2, 0.25) is 0 Å². The highest BCUT2D eigenvalue weighted by molar-refractivity contribution is 7.18. The monoisotopic (exact) mass is 357 g/mol. The van der Waals surface area contributed by atoms with Crippen LogP contribution in [0.5, 0.6) is 0 Å². The molecule has 0 radical (unpaired) electrons. The van der Waals surface area contributed by atoms with E-state index in [0.717, 1.165) is 18.7 Å². The average Bonchev–Trinajstić information content (AvgIpc) is 3.13. The number of anilines is 1. The fraction of sp³-hybridized carbons (Fsp3) is 0.333. The molecule has 0 bridgehead atoms. The van der Waals surface area contributed by atoms with Crippen LogP contribution in [0.1, 0.15) is 32.7 Å². The van der Waals surface area contributed by atoms with E-state index in [2.05, 4.69) is 16.0 Å². The summed E-state index contributed by atoms with van der Waals surface area (Å²) in [5.74, 6) is -0.216. The molecule has 0 unspecified atom stereocenters. The van der Waals surface area contributed by atoms with E-state index < -0.39 is 0 Å². The lowest BCUT2D eigenvalue weighted by molar-refractivity contribution is 0.0956. The number of hydrogen-bond donors (Lipinski definition) is 3. The van der Waals surface area contributed by atoms with Crippen molar-refractivity contribution in [1.29, 1.82) is 0 Å². The van der Waals surface area contributed by atoms with E-state index in [0.29, 0.717) is 16.4 Å². The Morgan fingerprint density at radius 3 is 2.70 bits per heavy atom. The number of amides is 2. The zero-order chi connectivity index (χ0) is 15.9. The molecule has 0 aliphatic carbocycles. The second-order valence-corrected chi connectivity index (χ2v) is 5.72. The maximum Gasteiger partial charge on any atom is 0.291 e. The van der Waals surface area contributed by atoms with Crippen molar-refractivity contribution in [2.24, 2.45) is 0 Å². The lowest BCUT2D eigenvalue weighted by atomic mass is 10.3. The summed E-state index contributed by atoms with van der Waals surface area (Å²) in [5, 5.41) is 9.34. The Labute approximate surface area is 145 Å². The molecular weight excluding hydrogens is 338 g/mol. The number of thiophene rings is 1. The largest absolute Gasteiger partial charge is 0.459 e. The number of hydrogen-bond acceptors (Lipinski definition) is 5. The summed E-state index contributed by atoms with van der Waals surface area (Å²) in [6.45, 7) is 6.03. The van der Waals surface area contributed by atoms with Crippen molar-refractivity contribution in [3.05, 3.63) is 40.7 Å². The Hall–Kier alpha value is -1.83. The number of aryl methyl sites for hydroxylation is 1. The molecule has 8 heteroatoms. The van der Waals surface area contributed by atoms with Gasteiger partial charge in [-0.25, -0.2) is 0 Å². The second-order valence-electron chi connectivity index (χ2n) is 4.66. The van der Waals surface area contributed by atoms with Gasteiger partial charge in [0.15, 0.2) is 5.76 Å². The highest BCUT2D eigenvalue weighted by Gasteiger charge is 2.16. The predicted octanol–water partition coefficient (Wildman–Crippen LogP) is 2.66. The summed E-state index contributed by atoms with van der Waals surface area (Å²) >= 11 is 1.25. The molecule has 2 rings (SSSR count). The highest BCUT2D eigenvalue weighted by atomic mass is 35.5. The van der Waals surface area contributed by atoms with Gasteiger partial charge in [-0.05, 0) is 37.2 Å². The van der Waals surface area contributed by atoms with Crippen LogP contribution < -0.4 is 16.0 Å². The minimum atomic E-state index is -0.328. The molecule has 3 N–H and O–H groups in total. The summed E-state index contributed by atoms with van der Waals surface area (Å²) in [5.41, 5.74) is 0.834. The van der Waals surface area contributed by atoms with E-state index in [9.17, 15) is 9.59 Å². The summed E-state index contributed by atoms with van der Waals surface area (Å²) in [4.78, 5) is 24.6. The van der Waals surface area contributed by atoms with Gasteiger partial charge in [0, 0.05) is 13.1 Å². The molecule has 2 heterocycles. The lowest BCUT2D eigenvalue weighted by Crippen LogP contribution is -2.31. The van der Waals surface area contributed by atoms with Gasteiger partial charge in [0.1, 0.15) is 0 Å². The van der Waals surface area contributed by atoms with Crippen LogP contribution in [-0.2, 0) is 0 Å². The minimum absolute atomic E-state index is 0. The summed E-state index contributed by atoms with van der Waals surface area (Å²) in [6, 6.07) is 5.02. The summed E-state index contributed by atoms with van der Waals surface area (Å²) in [6.07, 6.45) is 1.44. The van der Waals surface area contributed by atoms with Gasteiger partial charge in [0.05, 0.1) is 16.1 Å². The Morgan fingerprint density at radius 1 is 1.26 bits per heavy atom. The SMILES string of the molecule is CCNCCNC(=O)c1sc(NC(=O)c2ccco2)cc1C.Cl. The summed E-state index contributed by atoms with van der Waals surface area (Å²) in [7, 11) is 0. The van der Waals surface area contributed by atoms with E-state index >= 15 is 0 Å². The van der Waals surface area contributed by atoms with Crippen LogP contribution in [0.25, 0.3) is 0 Å². The van der Waals surface area contributed by atoms with Crippen molar-refractivity contribution in [3.8, 4) is 0 Å². The fourth-order valence-corrected chi connectivity index (χ4v) is 2.86. The quantitative estimate of drug-likeness (QED) is 0.665. The number of rotatable bonds is 7. The van der Waals surface area contributed by atoms with Gasteiger partial charge in [-0.1, -0.05) is 6.92 Å². The van der Waals surface area contributed by atoms with Gasteiger partial charge < -0.3 is 20.4 Å². The van der Waals surface area contributed by atoms with Crippen molar-refractivity contribution in [1.82, 2.24) is 10.6 Å². The number of halogens is 1. The Balaban J connectivity index is 0.00000264. The number of nitrogens with one attached hydrogen (secondary N) is 3.